The first-order valence-electron chi connectivity index (χ1n) is 14.0. The third-order valence-electron chi connectivity index (χ3n) is 8.84. The van der Waals surface area contributed by atoms with Crippen LogP contribution in [0.4, 0.5) is 5.82 Å². The van der Waals surface area contributed by atoms with Gasteiger partial charge in [-0.25, -0.2) is 19.9 Å². The van der Waals surface area contributed by atoms with Gasteiger partial charge in [0.05, 0.1) is 49.1 Å². The standard InChI is InChI=1S/C27H36N8O7/c28-24-21-25(30-12-29-24)34(13-31-21)26-23(40)22(39)19(42-26)8-35(41)16-5-14(6-16)1-4-20-32-17-3-2-15(7-18(17)33-20)27(9-36,10-37)11-38/h2-3,7,12-14,16,19,22-23,26,36-41H,1,4-6,8-11H2,(H,32,33)(H2,28,29,30)/t14?,16?,19-,22-,23-,26-/m1/s1. The van der Waals surface area contributed by atoms with E-state index in [-0.39, 0.29) is 38.2 Å². The fraction of sp³-hybridized carbons (Fsp3) is 0.556. The zero-order chi connectivity index (χ0) is 29.6. The van der Waals surface area contributed by atoms with Gasteiger partial charge in [-0.1, -0.05) is 6.07 Å². The summed E-state index contributed by atoms with van der Waals surface area (Å²) in [7, 11) is 0. The fourth-order valence-corrected chi connectivity index (χ4v) is 5.95. The number of hydrogen-bond acceptors (Lipinski definition) is 13. The van der Waals surface area contributed by atoms with E-state index < -0.39 is 30.0 Å². The minimum absolute atomic E-state index is 0.0266. The van der Waals surface area contributed by atoms with E-state index in [0.29, 0.717) is 34.6 Å². The number of hydroxylamine groups is 2. The number of H-pyrrole nitrogens is 1. The van der Waals surface area contributed by atoms with Crippen molar-refractivity contribution < 1.29 is 35.5 Å². The normalized spacial score (nSPS) is 26.5. The molecular formula is C27H36N8O7. The van der Waals surface area contributed by atoms with E-state index in [0.717, 1.165) is 30.6 Å². The van der Waals surface area contributed by atoms with E-state index in [4.69, 9.17) is 10.5 Å². The highest BCUT2D eigenvalue weighted by atomic mass is 16.6. The molecular weight excluding hydrogens is 548 g/mol. The van der Waals surface area contributed by atoms with Crippen molar-refractivity contribution in [2.24, 2.45) is 5.92 Å². The molecule has 1 saturated carbocycles. The van der Waals surface area contributed by atoms with Crippen LogP contribution >= 0.6 is 0 Å². The number of nitrogens with two attached hydrogens (primary N) is 1. The zero-order valence-electron chi connectivity index (χ0n) is 22.9. The molecule has 1 aliphatic heterocycles. The predicted octanol–water partition coefficient (Wildman–Crippen LogP) is -0.779. The lowest BCUT2D eigenvalue weighted by Gasteiger charge is -2.40. The lowest BCUT2D eigenvalue weighted by molar-refractivity contribution is -0.185. The largest absolute Gasteiger partial charge is 0.395 e. The highest BCUT2D eigenvalue weighted by Crippen LogP contribution is 2.37. The summed E-state index contributed by atoms with van der Waals surface area (Å²) < 4.78 is 7.45. The number of nitrogens with one attached hydrogen (secondary N) is 1. The highest BCUT2D eigenvalue weighted by Gasteiger charge is 2.46. The van der Waals surface area contributed by atoms with Crippen molar-refractivity contribution in [3.05, 3.63) is 42.2 Å². The topological polar surface area (TPSA) is 232 Å². The minimum Gasteiger partial charge on any atom is -0.395 e. The smallest absolute Gasteiger partial charge is 0.167 e. The van der Waals surface area contributed by atoms with Crippen LogP contribution < -0.4 is 5.73 Å². The molecule has 226 valence electrons. The van der Waals surface area contributed by atoms with Gasteiger partial charge >= 0.3 is 0 Å². The number of aliphatic hydroxyl groups excluding tert-OH is 5. The Morgan fingerprint density at radius 1 is 1.07 bits per heavy atom. The monoisotopic (exact) mass is 584 g/mol. The van der Waals surface area contributed by atoms with Crippen LogP contribution in [0.1, 0.15) is 36.9 Å². The van der Waals surface area contributed by atoms with E-state index in [1.54, 1.807) is 12.1 Å². The number of anilines is 1. The molecule has 2 fully saturated rings. The van der Waals surface area contributed by atoms with E-state index in [1.807, 2.05) is 6.07 Å². The maximum atomic E-state index is 10.7. The van der Waals surface area contributed by atoms with Crippen molar-refractivity contribution in [1.29, 1.82) is 0 Å². The molecule has 4 heterocycles. The third kappa shape index (κ3) is 5.01. The Labute approximate surface area is 240 Å². The summed E-state index contributed by atoms with van der Waals surface area (Å²) in [6.45, 7) is -1.12. The Morgan fingerprint density at radius 3 is 2.57 bits per heavy atom. The second kappa shape index (κ2) is 11.4. The Hall–Kier alpha value is -3.28. The first-order chi connectivity index (χ1) is 20.3. The lowest BCUT2D eigenvalue weighted by atomic mass is 9.77. The van der Waals surface area contributed by atoms with Crippen molar-refractivity contribution in [2.75, 3.05) is 32.1 Å². The summed E-state index contributed by atoms with van der Waals surface area (Å²) in [6, 6.07) is 5.29. The van der Waals surface area contributed by atoms with Gasteiger partial charge < -0.3 is 46.2 Å². The number of fused-ring (bicyclic) bond motifs is 2. The molecule has 0 unspecified atom stereocenters. The number of imidazole rings is 2. The maximum absolute atomic E-state index is 10.7. The average molecular weight is 585 g/mol. The summed E-state index contributed by atoms with van der Waals surface area (Å²) >= 11 is 0. The van der Waals surface area contributed by atoms with Crippen molar-refractivity contribution >= 4 is 28.0 Å². The quantitative estimate of drug-likeness (QED) is 0.101. The third-order valence-corrected chi connectivity index (χ3v) is 8.84. The Kier molecular flexibility index (Phi) is 7.84. The number of nitrogen functional groups attached to an aromatic ring is 1. The zero-order valence-corrected chi connectivity index (χ0v) is 22.9. The van der Waals surface area contributed by atoms with Crippen LogP contribution in [0.3, 0.4) is 0 Å². The van der Waals surface area contributed by atoms with Gasteiger partial charge in [-0.05, 0) is 42.9 Å². The fourth-order valence-electron chi connectivity index (χ4n) is 5.95. The second-order valence-electron chi connectivity index (χ2n) is 11.5. The molecule has 4 atom stereocenters. The molecule has 42 heavy (non-hydrogen) atoms. The van der Waals surface area contributed by atoms with Gasteiger partial charge in [0.25, 0.3) is 0 Å². The number of aliphatic hydroxyl groups is 5. The number of benzene rings is 1. The van der Waals surface area contributed by atoms with Crippen molar-refractivity contribution in [3.8, 4) is 0 Å². The van der Waals surface area contributed by atoms with Crippen molar-refractivity contribution in [3.63, 3.8) is 0 Å². The second-order valence-corrected chi connectivity index (χ2v) is 11.5. The Balaban J connectivity index is 1.01. The summed E-state index contributed by atoms with van der Waals surface area (Å²) in [5.74, 6) is 1.40. The molecule has 0 bridgehead atoms. The van der Waals surface area contributed by atoms with E-state index >= 15 is 0 Å². The van der Waals surface area contributed by atoms with Crippen LogP contribution in [0.2, 0.25) is 0 Å². The van der Waals surface area contributed by atoms with E-state index in [2.05, 4.69) is 24.9 Å². The van der Waals surface area contributed by atoms with Gasteiger partial charge in [0, 0.05) is 12.5 Å². The molecule has 15 nitrogen and oxygen atoms in total. The molecule has 15 heteroatoms. The van der Waals surface area contributed by atoms with Crippen LogP contribution in [-0.2, 0) is 16.6 Å². The number of aromatic nitrogens is 6. The number of aromatic amines is 1. The molecule has 1 saturated heterocycles. The molecule has 2 aliphatic rings. The van der Waals surface area contributed by atoms with Crippen LogP contribution in [0.15, 0.2) is 30.9 Å². The molecule has 9 N–H and O–H groups in total. The van der Waals surface area contributed by atoms with E-state index in [9.17, 15) is 30.7 Å². The summed E-state index contributed by atoms with van der Waals surface area (Å²) in [4.78, 5) is 20.2. The first-order valence-corrected chi connectivity index (χ1v) is 14.0. The minimum atomic E-state index is -1.25. The molecule has 4 aromatic rings. The number of hydrogen-bond donors (Lipinski definition) is 8. The van der Waals surface area contributed by atoms with Gasteiger partial charge in [0.15, 0.2) is 17.7 Å². The predicted molar refractivity (Wildman–Crippen MR) is 148 cm³/mol. The van der Waals surface area contributed by atoms with Crippen LogP contribution in [0, 0.1) is 5.92 Å². The van der Waals surface area contributed by atoms with Gasteiger partial charge in [0.1, 0.15) is 36.0 Å². The number of nitrogens with zero attached hydrogens (tertiary/aromatic N) is 6. The summed E-state index contributed by atoms with van der Waals surface area (Å²) in [5.41, 5.74) is 7.63. The highest BCUT2D eigenvalue weighted by molar-refractivity contribution is 5.81. The Morgan fingerprint density at radius 2 is 1.83 bits per heavy atom. The molecule has 0 amide bonds. The molecule has 0 spiro atoms. The molecule has 6 rings (SSSR count). The number of ether oxygens (including phenoxy) is 1. The van der Waals surface area contributed by atoms with Gasteiger partial charge in [-0.15, -0.1) is 0 Å². The number of rotatable bonds is 11. The Bertz CT molecular complexity index is 1530. The van der Waals surface area contributed by atoms with Gasteiger partial charge in [-0.3, -0.25) is 4.57 Å². The lowest BCUT2D eigenvalue weighted by Crippen LogP contribution is -2.48. The average Bonchev–Trinajstić information content (AvgIpc) is 3.66. The molecule has 0 radical (unpaired) electrons. The SMILES string of the molecule is Nc1ncnc2c1ncn2[C@@H]1O[C@H](CN(O)C2CC(CCc3nc4cc(C(CO)(CO)CO)ccc4[nH]3)C2)[C@@H](O)[C@H]1O. The van der Waals surface area contributed by atoms with Crippen LogP contribution in [-0.4, -0.2) is 116 Å². The van der Waals surface area contributed by atoms with Crippen molar-refractivity contribution in [1.82, 2.24) is 34.6 Å². The molecule has 1 aromatic carbocycles. The van der Waals surface area contributed by atoms with Crippen LogP contribution in [0.5, 0.6) is 0 Å². The molecule has 1 aliphatic carbocycles. The van der Waals surface area contributed by atoms with Crippen molar-refractivity contribution in [2.45, 2.75) is 61.7 Å². The maximum Gasteiger partial charge on any atom is 0.167 e. The van der Waals surface area contributed by atoms with Gasteiger partial charge in [-0.2, -0.15) is 5.06 Å². The first kappa shape index (κ1) is 28.8. The van der Waals surface area contributed by atoms with Gasteiger partial charge in [0.2, 0.25) is 0 Å². The number of aryl methyl sites for hydroxylation is 1. The summed E-state index contributed by atoms with van der Waals surface area (Å²) in [5, 5.41) is 62.5. The summed E-state index contributed by atoms with van der Waals surface area (Å²) in [6.07, 6.45) is 1.59. The van der Waals surface area contributed by atoms with E-state index in [1.165, 1.54) is 22.3 Å². The van der Waals surface area contributed by atoms with Crippen LogP contribution in [0.25, 0.3) is 22.2 Å². The molecule has 3 aromatic heterocycles.